The van der Waals surface area contributed by atoms with Crippen LogP contribution in [0.15, 0.2) is 60.7 Å². The number of para-hydroxylation sites is 1. The lowest BCUT2D eigenvalue weighted by molar-refractivity contribution is 0.401. The number of aryl methyl sites for hydroxylation is 2. The van der Waals surface area contributed by atoms with Crippen molar-refractivity contribution in [3.8, 4) is 16.9 Å². The summed E-state index contributed by atoms with van der Waals surface area (Å²) in [5.41, 5.74) is 6.40. The summed E-state index contributed by atoms with van der Waals surface area (Å²) < 4.78 is 7.66. The second kappa shape index (κ2) is 8.65. The summed E-state index contributed by atoms with van der Waals surface area (Å²) in [7, 11) is 1.71. The summed E-state index contributed by atoms with van der Waals surface area (Å²) >= 11 is 0. The third-order valence-corrected chi connectivity index (χ3v) is 6.56. The molecule has 0 unspecified atom stereocenters. The van der Waals surface area contributed by atoms with E-state index >= 15 is 0 Å². The van der Waals surface area contributed by atoms with Crippen molar-refractivity contribution in [3.05, 3.63) is 77.6 Å². The maximum atomic E-state index is 5.64. The molecule has 4 aromatic rings. The molecule has 0 aliphatic carbocycles. The molecule has 0 amide bonds. The molecule has 1 fully saturated rings. The van der Waals surface area contributed by atoms with Gasteiger partial charge < -0.3 is 9.64 Å². The molecule has 2 aromatic carbocycles. The fourth-order valence-electron chi connectivity index (χ4n) is 4.93. The van der Waals surface area contributed by atoms with Crippen molar-refractivity contribution >= 4 is 11.5 Å². The summed E-state index contributed by atoms with van der Waals surface area (Å²) in [6.45, 7) is 6.21. The second-order valence-corrected chi connectivity index (χ2v) is 8.77. The van der Waals surface area contributed by atoms with E-state index in [0.717, 1.165) is 65.2 Å². The van der Waals surface area contributed by atoms with Crippen LogP contribution in [0.4, 0.5) is 5.82 Å². The summed E-state index contributed by atoms with van der Waals surface area (Å²) in [4.78, 5) is 7.37. The Morgan fingerprint density at radius 1 is 0.969 bits per heavy atom. The Balaban J connectivity index is 1.46. The number of rotatable bonds is 5. The maximum absolute atomic E-state index is 5.64. The van der Waals surface area contributed by atoms with Gasteiger partial charge in [-0.2, -0.15) is 9.61 Å². The highest BCUT2D eigenvalue weighted by Gasteiger charge is 2.24. The van der Waals surface area contributed by atoms with E-state index in [1.54, 1.807) is 7.11 Å². The molecular formula is C27H30N4O. The Morgan fingerprint density at radius 3 is 2.44 bits per heavy atom. The number of aromatic nitrogens is 3. The highest BCUT2D eigenvalue weighted by molar-refractivity contribution is 5.84. The molecular weight excluding hydrogens is 396 g/mol. The zero-order valence-corrected chi connectivity index (χ0v) is 19.1. The molecule has 0 spiro atoms. The highest BCUT2D eigenvalue weighted by atomic mass is 16.5. The van der Waals surface area contributed by atoms with Gasteiger partial charge in [0.25, 0.3) is 0 Å². The molecule has 5 heteroatoms. The largest absolute Gasteiger partial charge is 0.496 e. The SMILES string of the molecule is COc1ccccc1-c1c(C)nn2c(N3CCC(Cc4ccccc4)CC3)cc(C)nc12. The fourth-order valence-corrected chi connectivity index (χ4v) is 4.93. The molecule has 2 aromatic heterocycles. The van der Waals surface area contributed by atoms with Crippen LogP contribution < -0.4 is 9.64 Å². The van der Waals surface area contributed by atoms with Crippen LogP contribution in [0.2, 0.25) is 0 Å². The Bertz CT molecular complexity index is 1220. The summed E-state index contributed by atoms with van der Waals surface area (Å²) in [6, 6.07) is 21.1. The second-order valence-electron chi connectivity index (χ2n) is 8.77. The predicted molar refractivity (Wildman–Crippen MR) is 130 cm³/mol. The number of ether oxygens (including phenoxy) is 1. The average molecular weight is 427 g/mol. The minimum Gasteiger partial charge on any atom is -0.496 e. The molecule has 5 rings (SSSR count). The highest BCUT2D eigenvalue weighted by Crippen LogP contribution is 2.36. The zero-order valence-electron chi connectivity index (χ0n) is 19.1. The normalized spacial score (nSPS) is 14.8. The number of fused-ring (bicyclic) bond motifs is 1. The van der Waals surface area contributed by atoms with E-state index in [9.17, 15) is 0 Å². The lowest BCUT2D eigenvalue weighted by Crippen LogP contribution is -2.35. The van der Waals surface area contributed by atoms with E-state index < -0.39 is 0 Å². The average Bonchev–Trinajstić information content (AvgIpc) is 3.15. The molecule has 0 N–H and O–H groups in total. The van der Waals surface area contributed by atoms with E-state index in [1.807, 2.05) is 22.7 Å². The molecule has 3 heterocycles. The fraction of sp³-hybridized carbons (Fsp3) is 0.333. The first-order valence-corrected chi connectivity index (χ1v) is 11.4. The van der Waals surface area contributed by atoms with Crippen molar-refractivity contribution in [1.82, 2.24) is 14.6 Å². The number of hydrogen-bond donors (Lipinski definition) is 0. The Kier molecular flexibility index (Phi) is 5.56. The number of piperidine rings is 1. The van der Waals surface area contributed by atoms with E-state index in [0.29, 0.717) is 0 Å². The number of benzene rings is 2. The molecule has 0 atom stereocenters. The summed E-state index contributed by atoms with van der Waals surface area (Å²) in [5, 5.41) is 4.92. The van der Waals surface area contributed by atoms with E-state index in [1.165, 1.54) is 18.4 Å². The number of anilines is 1. The topological polar surface area (TPSA) is 42.7 Å². The van der Waals surface area contributed by atoms with Crippen LogP contribution in [0.3, 0.4) is 0 Å². The van der Waals surface area contributed by atoms with Gasteiger partial charge in [0.2, 0.25) is 0 Å². The first-order chi connectivity index (χ1) is 15.6. The van der Waals surface area contributed by atoms with Crippen molar-refractivity contribution in [1.29, 1.82) is 0 Å². The Labute approximate surface area is 189 Å². The first kappa shape index (κ1) is 20.6. The van der Waals surface area contributed by atoms with Gasteiger partial charge in [0.1, 0.15) is 11.6 Å². The van der Waals surface area contributed by atoms with Gasteiger partial charge in [0.15, 0.2) is 5.65 Å². The van der Waals surface area contributed by atoms with Crippen LogP contribution in [-0.2, 0) is 6.42 Å². The van der Waals surface area contributed by atoms with Crippen molar-refractivity contribution in [2.45, 2.75) is 33.1 Å². The number of methoxy groups -OCH3 is 1. The first-order valence-electron chi connectivity index (χ1n) is 11.4. The molecule has 5 nitrogen and oxygen atoms in total. The lowest BCUT2D eigenvalue weighted by Gasteiger charge is -2.33. The molecule has 164 valence electrons. The van der Waals surface area contributed by atoms with Crippen molar-refractivity contribution in [3.63, 3.8) is 0 Å². The van der Waals surface area contributed by atoms with E-state index in [-0.39, 0.29) is 0 Å². The molecule has 0 saturated carbocycles. The van der Waals surface area contributed by atoms with Gasteiger partial charge in [-0.1, -0.05) is 48.5 Å². The van der Waals surface area contributed by atoms with Crippen LogP contribution in [0.5, 0.6) is 5.75 Å². The van der Waals surface area contributed by atoms with Crippen molar-refractivity contribution in [2.24, 2.45) is 5.92 Å². The smallest absolute Gasteiger partial charge is 0.165 e. The van der Waals surface area contributed by atoms with Gasteiger partial charge >= 0.3 is 0 Å². The molecule has 0 radical (unpaired) electrons. The van der Waals surface area contributed by atoms with Gasteiger partial charge in [0.05, 0.1) is 18.4 Å². The zero-order chi connectivity index (χ0) is 22.1. The lowest BCUT2D eigenvalue weighted by atomic mass is 9.90. The van der Waals surface area contributed by atoms with Crippen LogP contribution in [0.25, 0.3) is 16.8 Å². The minimum atomic E-state index is 0.732. The standard InChI is InChI=1S/C27H30N4O/c1-19-17-25(30-15-13-22(14-16-30)18-21-9-5-4-6-10-21)31-27(28-19)26(20(2)29-31)23-11-7-8-12-24(23)32-3/h4-12,17,22H,13-16,18H2,1-3H3. The Hall–Kier alpha value is -3.34. The third-order valence-electron chi connectivity index (χ3n) is 6.56. The van der Waals surface area contributed by atoms with Crippen LogP contribution >= 0.6 is 0 Å². The van der Waals surface area contributed by atoms with Gasteiger partial charge in [0, 0.05) is 30.4 Å². The number of hydrogen-bond acceptors (Lipinski definition) is 4. The van der Waals surface area contributed by atoms with E-state index in [4.69, 9.17) is 14.8 Å². The molecule has 1 saturated heterocycles. The monoisotopic (exact) mass is 426 g/mol. The van der Waals surface area contributed by atoms with Gasteiger partial charge in [-0.15, -0.1) is 0 Å². The van der Waals surface area contributed by atoms with Gasteiger partial charge in [-0.3, -0.25) is 0 Å². The maximum Gasteiger partial charge on any atom is 0.165 e. The van der Waals surface area contributed by atoms with E-state index in [2.05, 4.69) is 61.2 Å². The van der Waals surface area contributed by atoms with Crippen LogP contribution in [-0.4, -0.2) is 34.8 Å². The molecule has 0 bridgehead atoms. The molecule has 1 aliphatic heterocycles. The Morgan fingerprint density at radius 2 is 1.69 bits per heavy atom. The summed E-state index contributed by atoms with van der Waals surface area (Å²) in [5.74, 6) is 2.71. The van der Waals surface area contributed by atoms with Crippen molar-refractivity contribution in [2.75, 3.05) is 25.1 Å². The molecule has 1 aliphatic rings. The third kappa shape index (κ3) is 3.83. The summed E-state index contributed by atoms with van der Waals surface area (Å²) in [6.07, 6.45) is 3.55. The molecule has 32 heavy (non-hydrogen) atoms. The number of nitrogens with zero attached hydrogens (tertiary/aromatic N) is 4. The minimum absolute atomic E-state index is 0.732. The predicted octanol–water partition coefficient (Wildman–Crippen LogP) is 5.48. The van der Waals surface area contributed by atoms with Crippen molar-refractivity contribution < 1.29 is 4.74 Å². The van der Waals surface area contributed by atoms with Gasteiger partial charge in [-0.25, -0.2) is 4.98 Å². The van der Waals surface area contributed by atoms with Gasteiger partial charge in [-0.05, 0) is 50.7 Å². The quantitative estimate of drug-likeness (QED) is 0.424. The van der Waals surface area contributed by atoms with Crippen LogP contribution in [0, 0.1) is 19.8 Å². The van der Waals surface area contributed by atoms with Crippen LogP contribution in [0.1, 0.15) is 29.8 Å².